The van der Waals surface area contributed by atoms with Gasteiger partial charge in [0.1, 0.15) is 11.0 Å². The molecule has 0 radical (unpaired) electrons. The molecule has 2 aromatic carbocycles. The van der Waals surface area contributed by atoms with Gasteiger partial charge in [-0.05, 0) is 42.0 Å². The second kappa shape index (κ2) is 8.78. The van der Waals surface area contributed by atoms with Crippen LogP contribution in [0.4, 0.5) is 11.4 Å². The predicted molar refractivity (Wildman–Crippen MR) is 108 cm³/mol. The summed E-state index contributed by atoms with van der Waals surface area (Å²) >= 11 is 1.17. The van der Waals surface area contributed by atoms with Gasteiger partial charge in [0.25, 0.3) is 0 Å². The molecule has 0 bridgehead atoms. The van der Waals surface area contributed by atoms with Crippen molar-refractivity contribution in [2.24, 2.45) is 4.99 Å². The van der Waals surface area contributed by atoms with Crippen molar-refractivity contribution < 1.29 is 24.2 Å². The Bertz CT molecular complexity index is 974. The lowest BCUT2D eigenvalue weighted by Gasteiger charge is -2.28. The van der Waals surface area contributed by atoms with Crippen molar-refractivity contribution in [2.45, 2.75) is 11.7 Å². The number of aliphatic imine (C=N–C) groups is 1. The van der Waals surface area contributed by atoms with Crippen LogP contribution in [0.2, 0.25) is 0 Å². The normalized spacial score (nSPS) is 17.9. The van der Waals surface area contributed by atoms with E-state index < -0.39 is 17.1 Å². The maximum Gasteiger partial charge on any atom is 0.238 e. The van der Waals surface area contributed by atoms with E-state index in [0.29, 0.717) is 22.3 Å². The first-order valence-corrected chi connectivity index (χ1v) is 9.53. The summed E-state index contributed by atoms with van der Waals surface area (Å²) in [7, 11) is 3.17. The number of nitrogens with one attached hydrogen (secondary N) is 1. The van der Waals surface area contributed by atoms with Crippen molar-refractivity contribution in [2.75, 3.05) is 19.5 Å². The SMILES string of the molecule is COc1ccc(N=C2S[C@@H](C(=O)Nc3cccc(C(=O)[O-])c3)CC(=O)N2C)cc1. The van der Waals surface area contributed by atoms with E-state index in [9.17, 15) is 19.5 Å². The average molecular weight is 412 g/mol. The van der Waals surface area contributed by atoms with Crippen LogP contribution in [-0.4, -0.2) is 47.3 Å². The van der Waals surface area contributed by atoms with Gasteiger partial charge in [0.15, 0.2) is 5.17 Å². The highest BCUT2D eigenvalue weighted by Crippen LogP contribution is 2.29. The number of anilines is 1. The molecular formula is C20H18N3O5S-. The van der Waals surface area contributed by atoms with Crippen molar-refractivity contribution >= 4 is 46.1 Å². The Morgan fingerprint density at radius 3 is 2.62 bits per heavy atom. The number of ether oxygens (including phenoxy) is 1. The summed E-state index contributed by atoms with van der Waals surface area (Å²) in [6.45, 7) is 0. The zero-order chi connectivity index (χ0) is 21.0. The van der Waals surface area contributed by atoms with Gasteiger partial charge < -0.3 is 20.0 Å². The first-order valence-electron chi connectivity index (χ1n) is 8.65. The zero-order valence-electron chi connectivity index (χ0n) is 15.7. The van der Waals surface area contributed by atoms with Gasteiger partial charge in [0.05, 0.1) is 18.8 Å². The molecule has 0 saturated carbocycles. The van der Waals surface area contributed by atoms with Gasteiger partial charge in [-0.1, -0.05) is 23.9 Å². The largest absolute Gasteiger partial charge is 0.545 e. The molecule has 9 heteroatoms. The number of thioether (sulfide) groups is 1. The van der Waals surface area contributed by atoms with E-state index in [1.54, 1.807) is 44.5 Å². The van der Waals surface area contributed by atoms with Crippen LogP contribution >= 0.6 is 11.8 Å². The predicted octanol–water partition coefficient (Wildman–Crippen LogP) is 1.65. The van der Waals surface area contributed by atoms with Crippen LogP contribution in [0.1, 0.15) is 16.8 Å². The standard InChI is InChI=1S/C20H19N3O5S/c1-23-17(24)11-16(18(25)21-14-5-3-4-12(10-14)19(26)27)29-20(23)22-13-6-8-15(28-2)9-7-13/h3-10,16H,11H2,1-2H3,(H,21,25)(H,26,27)/p-1/t16-/m1/s1. The molecule has 1 N–H and O–H groups in total. The number of carboxylic acid groups (broad SMARTS) is 1. The summed E-state index contributed by atoms with van der Waals surface area (Å²) < 4.78 is 5.11. The molecule has 8 nitrogen and oxygen atoms in total. The second-order valence-electron chi connectivity index (χ2n) is 6.21. The maximum atomic E-state index is 12.6. The molecule has 0 aliphatic carbocycles. The monoisotopic (exact) mass is 412 g/mol. The van der Waals surface area contributed by atoms with Crippen LogP contribution in [0.25, 0.3) is 0 Å². The topological polar surface area (TPSA) is 111 Å². The van der Waals surface area contributed by atoms with Crippen molar-refractivity contribution in [3.05, 3.63) is 54.1 Å². The third-order valence-electron chi connectivity index (χ3n) is 4.22. The van der Waals surface area contributed by atoms with Crippen LogP contribution in [0.3, 0.4) is 0 Å². The second-order valence-corrected chi connectivity index (χ2v) is 7.38. The quantitative estimate of drug-likeness (QED) is 0.799. The highest BCUT2D eigenvalue weighted by Gasteiger charge is 2.34. The Kier molecular flexibility index (Phi) is 6.18. The number of amides is 2. The van der Waals surface area contributed by atoms with Gasteiger partial charge in [0, 0.05) is 19.2 Å². The fraction of sp³-hybridized carbons (Fsp3) is 0.200. The molecule has 150 valence electrons. The van der Waals surface area contributed by atoms with E-state index in [2.05, 4.69) is 10.3 Å². The first-order chi connectivity index (χ1) is 13.9. The van der Waals surface area contributed by atoms with Crippen LogP contribution in [-0.2, 0) is 9.59 Å². The molecule has 1 saturated heterocycles. The number of methoxy groups -OCH3 is 1. The van der Waals surface area contributed by atoms with Gasteiger partial charge >= 0.3 is 0 Å². The highest BCUT2D eigenvalue weighted by molar-refractivity contribution is 8.15. The van der Waals surface area contributed by atoms with Crippen LogP contribution in [0, 0.1) is 0 Å². The fourth-order valence-electron chi connectivity index (χ4n) is 2.61. The number of hydrogen-bond donors (Lipinski definition) is 1. The molecule has 1 heterocycles. The molecule has 1 fully saturated rings. The first kappa shape index (κ1) is 20.4. The van der Waals surface area contributed by atoms with Gasteiger partial charge in [-0.3, -0.25) is 14.5 Å². The minimum atomic E-state index is -1.33. The van der Waals surface area contributed by atoms with E-state index in [-0.39, 0.29) is 17.9 Å². The minimum Gasteiger partial charge on any atom is -0.545 e. The molecule has 1 aliphatic rings. The molecule has 2 amide bonds. The Morgan fingerprint density at radius 2 is 1.97 bits per heavy atom. The van der Waals surface area contributed by atoms with Gasteiger partial charge in [-0.25, -0.2) is 4.99 Å². The van der Waals surface area contributed by atoms with Crippen LogP contribution < -0.4 is 15.2 Å². The van der Waals surface area contributed by atoms with Crippen molar-refractivity contribution in [1.82, 2.24) is 4.90 Å². The highest BCUT2D eigenvalue weighted by atomic mass is 32.2. The lowest BCUT2D eigenvalue weighted by Crippen LogP contribution is -2.43. The number of carboxylic acids is 1. The van der Waals surface area contributed by atoms with Crippen molar-refractivity contribution in [3.63, 3.8) is 0 Å². The number of amidine groups is 1. The number of rotatable bonds is 5. The lowest BCUT2D eigenvalue weighted by atomic mass is 10.2. The van der Waals surface area contributed by atoms with E-state index in [1.165, 1.54) is 34.9 Å². The summed E-state index contributed by atoms with van der Waals surface area (Å²) in [5.41, 5.74) is 0.893. The van der Waals surface area contributed by atoms with Crippen molar-refractivity contribution in [1.29, 1.82) is 0 Å². The average Bonchev–Trinajstić information content (AvgIpc) is 2.72. The Balaban J connectivity index is 1.76. The summed E-state index contributed by atoms with van der Waals surface area (Å²) in [6.07, 6.45) is 0.00874. The minimum absolute atomic E-state index is 0.00874. The van der Waals surface area contributed by atoms with Crippen LogP contribution in [0.5, 0.6) is 5.75 Å². The lowest BCUT2D eigenvalue weighted by molar-refractivity contribution is -0.255. The number of carbonyl (C=O) groups is 3. The number of hydrogen-bond acceptors (Lipinski definition) is 7. The maximum absolute atomic E-state index is 12.6. The zero-order valence-corrected chi connectivity index (χ0v) is 16.6. The summed E-state index contributed by atoms with van der Waals surface area (Å²) in [5.74, 6) is -1.29. The molecule has 0 spiro atoms. The Morgan fingerprint density at radius 1 is 1.24 bits per heavy atom. The van der Waals surface area contributed by atoms with E-state index >= 15 is 0 Å². The number of carbonyl (C=O) groups excluding carboxylic acids is 3. The van der Waals surface area contributed by atoms with E-state index in [0.717, 1.165) is 0 Å². The van der Waals surface area contributed by atoms with Gasteiger partial charge in [-0.2, -0.15) is 0 Å². The van der Waals surface area contributed by atoms with Crippen LogP contribution in [0.15, 0.2) is 53.5 Å². The van der Waals surface area contributed by atoms with E-state index in [1.807, 2.05) is 0 Å². The Hall–Kier alpha value is -3.33. The molecule has 2 aromatic rings. The third-order valence-corrected chi connectivity index (χ3v) is 5.47. The summed E-state index contributed by atoms with van der Waals surface area (Å²) in [5, 5.41) is 13.3. The summed E-state index contributed by atoms with van der Waals surface area (Å²) in [4.78, 5) is 41.8. The molecule has 3 rings (SSSR count). The molecular weight excluding hydrogens is 394 g/mol. The van der Waals surface area contributed by atoms with Gasteiger partial charge in [-0.15, -0.1) is 0 Å². The third kappa shape index (κ3) is 4.94. The Labute approximate surface area is 171 Å². The number of nitrogens with zero attached hydrogens (tertiary/aromatic N) is 2. The smallest absolute Gasteiger partial charge is 0.238 e. The van der Waals surface area contributed by atoms with Gasteiger partial charge in [0.2, 0.25) is 11.8 Å². The number of aromatic carboxylic acids is 1. The molecule has 29 heavy (non-hydrogen) atoms. The molecule has 1 aliphatic heterocycles. The van der Waals surface area contributed by atoms with E-state index in [4.69, 9.17) is 4.74 Å². The summed E-state index contributed by atoms with van der Waals surface area (Å²) in [6, 6.07) is 12.8. The molecule has 0 aromatic heterocycles. The fourth-order valence-corrected chi connectivity index (χ4v) is 3.68. The number of benzene rings is 2. The molecule has 0 unspecified atom stereocenters. The molecule has 1 atom stereocenters. The van der Waals surface area contributed by atoms with Crippen molar-refractivity contribution in [3.8, 4) is 5.75 Å².